The predicted octanol–water partition coefficient (Wildman–Crippen LogP) is 0.533. The van der Waals surface area contributed by atoms with Crippen molar-refractivity contribution >= 4 is 17.6 Å². The SMILES string of the molecule is CNc1cc(SC)nc(=O)[nH]1. The number of thioether (sulfide) groups is 1. The molecule has 1 aromatic rings. The molecule has 1 aromatic heterocycles. The summed E-state index contributed by atoms with van der Waals surface area (Å²) in [6.07, 6.45) is 1.88. The van der Waals surface area contributed by atoms with Crippen molar-refractivity contribution in [1.29, 1.82) is 0 Å². The summed E-state index contributed by atoms with van der Waals surface area (Å²) < 4.78 is 0. The van der Waals surface area contributed by atoms with Crippen molar-refractivity contribution < 1.29 is 0 Å². The fourth-order valence-electron chi connectivity index (χ4n) is 0.674. The summed E-state index contributed by atoms with van der Waals surface area (Å²) in [5.41, 5.74) is -0.318. The fraction of sp³-hybridized carbons (Fsp3) is 0.333. The standard InChI is InChI=1S/C6H9N3OS/c1-7-4-3-5(11-2)9-6(10)8-4/h3H,1-2H3,(H2,7,8,9,10). The summed E-state index contributed by atoms with van der Waals surface area (Å²) in [5, 5.41) is 3.55. The van der Waals surface area contributed by atoms with Crippen LogP contribution in [0.2, 0.25) is 0 Å². The summed E-state index contributed by atoms with van der Waals surface area (Å²) in [7, 11) is 1.75. The summed E-state index contributed by atoms with van der Waals surface area (Å²) in [6, 6.07) is 1.78. The van der Waals surface area contributed by atoms with Crippen molar-refractivity contribution in [2.24, 2.45) is 0 Å². The number of H-pyrrole nitrogens is 1. The second kappa shape index (κ2) is 3.43. The van der Waals surface area contributed by atoms with Crippen molar-refractivity contribution in [3.8, 4) is 0 Å². The van der Waals surface area contributed by atoms with Gasteiger partial charge in [-0.05, 0) is 6.26 Å². The highest BCUT2D eigenvalue weighted by atomic mass is 32.2. The molecule has 0 amide bonds. The van der Waals surface area contributed by atoms with Gasteiger partial charge in [-0.2, -0.15) is 4.98 Å². The number of aromatic amines is 1. The van der Waals surface area contributed by atoms with E-state index in [4.69, 9.17) is 0 Å². The molecule has 1 rings (SSSR count). The molecular weight excluding hydrogens is 162 g/mol. The quantitative estimate of drug-likeness (QED) is 0.503. The van der Waals surface area contributed by atoms with Gasteiger partial charge in [-0.1, -0.05) is 0 Å². The van der Waals surface area contributed by atoms with Gasteiger partial charge in [0.2, 0.25) is 0 Å². The number of hydrogen-bond donors (Lipinski definition) is 2. The zero-order valence-electron chi connectivity index (χ0n) is 6.34. The number of rotatable bonds is 2. The Labute approximate surface area is 68.4 Å². The third kappa shape index (κ3) is 1.98. The van der Waals surface area contributed by atoms with Gasteiger partial charge in [0, 0.05) is 13.1 Å². The largest absolute Gasteiger partial charge is 0.375 e. The normalized spacial score (nSPS) is 9.64. The van der Waals surface area contributed by atoms with Crippen molar-refractivity contribution in [2.45, 2.75) is 5.03 Å². The van der Waals surface area contributed by atoms with Gasteiger partial charge in [0.1, 0.15) is 10.8 Å². The van der Waals surface area contributed by atoms with Crippen LogP contribution in [0, 0.1) is 0 Å². The van der Waals surface area contributed by atoms with Gasteiger partial charge in [-0.25, -0.2) is 4.79 Å². The molecule has 0 saturated heterocycles. The minimum Gasteiger partial charge on any atom is -0.375 e. The van der Waals surface area contributed by atoms with Gasteiger partial charge < -0.3 is 5.32 Å². The molecule has 0 aliphatic carbocycles. The van der Waals surface area contributed by atoms with E-state index in [-0.39, 0.29) is 5.69 Å². The summed E-state index contributed by atoms with van der Waals surface area (Å²) in [5.74, 6) is 0.689. The summed E-state index contributed by atoms with van der Waals surface area (Å²) >= 11 is 1.44. The first-order valence-corrected chi connectivity index (χ1v) is 4.32. The molecule has 0 atom stereocenters. The van der Waals surface area contributed by atoms with E-state index in [1.807, 2.05) is 6.26 Å². The molecule has 0 aliphatic heterocycles. The Kier molecular flexibility index (Phi) is 2.53. The van der Waals surface area contributed by atoms with Crippen LogP contribution >= 0.6 is 11.8 Å². The number of aromatic nitrogens is 2. The maximum atomic E-state index is 10.8. The Balaban J connectivity index is 3.12. The zero-order valence-corrected chi connectivity index (χ0v) is 7.16. The van der Waals surface area contributed by atoms with E-state index in [1.54, 1.807) is 13.1 Å². The lowest BCUT2D eigenvalue weighted by molar-refractivity contribution is 0.982. The molecule has 5 heteroatoms. The van der Waals surface area contributed by atoms with Gasteiger partial charge in [0.25, 0.3) is 0 Å². The first-order chi connectivity index (χ1) is 5.26. The van der Waals surface area contributed by atoms with E-state index >= 15 is 0 Å². The third-order valence-electron chi connectivity index (χ3n) is 1.20. The highest BCUT2D eigenvalue weighted by molar-refractivity contribution is 7.98. The van der Waals surface area contributed by atoms with Crippen molar-refractivity contribution in [3.63, 3.8) is 0 Å². The van der Waals surface area contributed by atoms with Crippen molar-refractivity contribution in [1.82, 2.24) is 9.97 Å². The van der Waals surface area contributed by atoms with Crippen LogP contribution < -0.4 is 11.0 Å². The van der Waals surface area contributed by atoms with Gasteiger partial charge in [-0.15, -0.1) is 11.8 Å². The maximum absolute atomic E-state index is 10.8. The predicted molar refractivity (Wildman–Crippen MR) is 46.2 cm³/mol. The summed E-state index contributed by atoms with van der Waals surface area (Å²) in [4.78, 5) is 17.1. The van der Waals surface area contributed by atoms with E-state index in [9.17, 15) is 4.79 Å². The van der Waals surface area contributed by atoms with Crippen LogP contribution in [-0.4, -0.2) is 23.3 Å². The Bertz CT molecular complexity index is 271. The number of anilines is 1. The summed E-state index contributed by atoms with van der Waals surface area (Å²) in [6.45, 7) is 0. The molecule has 11 heavy (non-hydrogen) atoms. The smallest absolute Gasteiger partial charge is 0.347 e. The molecule has 0 unspecified atom stereocenters. The van der Waals surface area contributed by atoms with E-state index in [0.29, 0.717) is 5.82 Å². The van der Waals surface area contributed by atoms with Crippen LogP contribution in [0.1, 0.15) is 0 Å². The molecule has 0 aliphatic rings. The van der Waals surface area contributed by atoms with Crippen LogP contribution in [-0.2, 0) is 0 Å². The number of hydrogen-bond acceptors (Lipinski definition) is 4. The zero-order chi connectivity index (χ0) is 8.27. The van der Waals surface area contributed by atoms with Gasteiger partial charge >= 0.3 is 5.69 Å². The van der Waals surface area contributed by atoms with Gasteiger partial charge in [-0.3, -0.25) is 4.98 Å². The lowest BCUT2D eigenvalue weighted by Crippen LogP contribution is -2.12. The van der Waals surface area contributed by atoms with Crippen LogP contribution in [0.3, 0.4) is 0 Å². The fourth-order valence-corrected chi connectivity index (χ4v) is 1.08. The molecule has 0 saturated carbocycles. The molecule has 0 spiro atoms. The average Bonchev–Trinajstić information content (AvgIpc) is 2.03. The first-order valence-electron chi connectivity index (χ1n) is 3.09. The molecule has 60 valence electrons. The van der Waals surface area contributed by atoms with Crippen LogP contribution in [0.4, 0.5) is 5.82 Å². The molecule has 2 N–H and O–H groups in total. The van der Waals surface area contributed by atoms with Gasteiger partial charge in [0.15, 0.2) is 0 Å². The lowest BCUT2D eigenvalue weighted by atomic mass is 10.6. The molecular formula is C6H9N3OS. The maximum Gasteiger partial charge on any atom is 0.347 e. The number of nitrogens with one attached hydrogen (secondary N) is 2. The second-order valence-corrected chi connectivity index (χ2v) is 2.72. The Morgan fingerprint density at radius 1 is 1.73 bits per heavy atom. The van der Waals surface area contributed by atoms with Crippen LogP contribution in [0.5, 0.6) is 0 Å². The van der Waals surface area contributed by atoms with Crippen molar-refractivity contribution in [3.05, 3.63) is 16.6 Å². The Hall–Kier alpha value is -0.970. The van der Waals surface area contributed by atoms with E-state index in [0.717, 1.165) is 5.03 Å². The van der Waals surface area contributed by atoms with E-state index in [2.05, 4.69) is 15.3 Å². The molecule has 0 fully saturated rings. The highest BCUT2D eigenvalue weighted by Gasteiger charge is 1.95. The average molecular weight is 171 g/mol. The molecule has 0 radical (unpaired) electrons. The Morgan fingerprint density at radius 2 is 2.45 bits per heavy atom. The Morgan fingerprint density at radius 3 is 3.00 bits per heavy atom. The molecule has 1 heterocycles. The van der Waals surface area contributed by atoms with Crippen LogP contribution in [0.25, 0.3) is 0 Å². The van der Waals surface area contributed by atoms with Crippen molar-refractivity contribution in [2.75, 3.05) is 18.6 Å². The first kappa shape index (κ1) is 8.13. The molecule has 4 nitrogen and oxygen atoms in total. The van der Waals surface area contributed by atoms with Gasteiger partial charge in [0.05, 0.1) is 0 Å². The topological polar surface area (TPSA) is 57.8 Å². The van der Waals surface area contributed by atoms with E-state index < -0.39 is 0 Å². The molecule has 0 bridgehead atoms. The second-order valence-electron chi connectivity index (χ2n) is 1.89. The lowest BCUT2D eigenvalue weighted by Gasteiger charge is -1.99. The number of nitrogens with zero attached hydrogens (tertiary/aromatic N) is 1. The third-order valence-corrected chi connectivity index (χ3v) is 1.83. The molecule has 0 aromatic carbocycles. The minimum absolute atomic E-state index is 0.318. The van der Waals surface area contributed by atoms with E-state index in [1.165, 1.54) is 11.8 Å². The minimum atomic E-state index is -0.318. The van der Waals surface area contributed by atoms with Crippen LogP contribution in [0.15, 0.2) is 15.9 Å². The monoisotopic (exact) mass is 171 g/mol. The highest BCUT2D eigenvalue weighted by Crippen LogP contribution is 2.10.